The Kier molecular flexibility index (Phi) is 5.28. The molecule has 0 saturated heterocycles. The van der Waals surface area contributed by atoms with Gasteiger partial charge in [-0.3, -0.25) is 0 Å². The van der Waals surface area contributed by atoms with Gasteiger partial charge in [-0.1, -0.05) is 13.8 Å². The van der Waals surface area contributed by atoms with Crippen LogP contribution in [0, 0.1) is 5.92 Å². The first kappa shape index (κ1) is 14.6. The predicted octanol–water partition coefficient (Wildman–Crippen LogP) is 2.63. The molecule has 0 aliphatic rings. The summed E-state index contributed by atoms with van der Waals surface area (Å²) in [6, 6.07) is 4.23. The zero-order valence-electron chi connectivity index (χ0n) is 12.0. The highest BCUT2D eigenvalue weighted by atomic mass is 16.5. The van der Waals surface area contributed by atoms with E-state index in [-0.39, 0.29) is 6.04 Å². The SMILES string of the molecule is CNC(c1cc(OC)c(OC)c(OC)c1)C(C)C. The van der Waals surface area contributed by atoms with Gasteiger partial charge in [0.2, 0.25) is 5.75 Å². The van der Waals surface area contributed by atoms with Crippen LogP contribution in [0.5, 0.6) is 17.2 Å². The van der Waals surface area contributed by atoms with Crippen LogP contribution in [0.2, 0.25) is 0 Å². The lowest BCUT2D eigenvalue weighted by Crippen LogP contribution is -2.21. The number of hydrogen-bond acceptors (Lipinski definition) is 4. The van der Waals surface area contributed by atoms with E-state index in [0.29, 0.717) is 23.2 Å². The minimum Gasteiger partial charge on any atom is -0.493 e. The molecule has 18 heavy (non-hydrogen) atoms. The van der Waals surface area contributed by atoms with Crippen LogP contribution in [-0.4, -0.2) is 28.4 Å². The molecule has 1 aromatic rings. The van der Waals surface area contributed by atoms with E-state index in [4.69, 9.17) is 14.2 Å². The molecule has 0 aliphatic heterocycles. The second kappa shape index (κ2) is 6.50. The average Bonchev–Trinajstić information content (AvgIpc) is 2.37. The van der Waals surface area contributed by atoms with Crippen molar-refractivity contribution in [3.8, 4) is 17.2 Å². The fourth-order valence-corrected chi connectivity index (χ4v) is 2.17. The Bertz CT molecular complexity index is 366. The molecule has 0 amide bonds. The van der Waals surface area contributed by atoms with Crippen molar-refractivity contribution in [2.45, 2.75) is 19.9 Å². The molecule has 0 fully saturated rings. The lowest BCUT2D eigenvalue weighted by atomic mass is 9.95. The number of nitrogens with one attached hydrogen (secondary N) is 1. The van der Waals surface area contributed by atoms with Gasteiger partial charge in [0.1, 0.15) is 0 Å². The molecule has 4 nitrogen and oxygen atoms in total. The highest BCUT2D eigenvalue weighted by molar-refractivity contribution is 5.54. The van der Waals surface area contributed by atoms with E-state index in [1.54, 1.807) is 21.3 Å². The van der Waals surface area contributed by atoms with Crippen molar-refractivity contribution in [1.82, 2.24) is 5.32 Å². The third kappa shape index (κ3) is 2.88. The molecule has 1 atom stereocenters. The lowest BCUT2D eigenvalue weighted by Gasteiger charge is -2.23. The number of methoxy groups -OCH3 is 3. The Balaban J connectivity index is 3.30. The van der Waals surface area contributed by atoms with Crippen molar-refractivity contribution in [2.75, 3.05) is 28.4 Å². The lowest BCUT2D eigenvalue weighted by molar-refractivity contribution is 0.322. The van der Waals surface area contributed by atoms with Gasteiger partial charge < -0.3 is 19.5 Å². The molecule has 0 bridgehead atoms. The summed E-state index contributed by atoms with van der Waals surface area (Å²) in [5.41, 5.74) is 1.13. The van der Waals surface area contributed by atoms with Gasteiger partial charge in [0.25, 0.3) is 0 Å². The Hall–Kier alpha value is -1.42. The van der Waals surface area contributed by atoms with Gasteiger partial charge in [-0.2, -0.15) is 0 Å². The topological polar surface area (TPSA) is 39.7 Å². The summed E-state index contributed by atoms with van der Waals surface area (Å²) in [7, 11) is 6.82. The van der Waals surface area contributed by atoms with E-state index < -0.39 is 0 Å². The Labute approximate surface area is 109 Å². The number of ether oxygens (including phenoxy) is 3. The summed E-state index contributed by atoms with van der Waals surface area (Å²) >= 11 is 0. The molecule has 0 saturated carbocycles. The summed E-state index contributed by atoms with van der Waals surface area (Å²) in [5, 5.41) is 3.31. The largest absolute Gasteiger partial charge is 0.493 e. The molecule has 0 radical (unpaired) electrons. The first-order valence-corrected chi connectivity index (χ1v) is 6.06. The minimum atomic E-state index is 0.249. The van der Waals surface area contributed by atoms with Crippen molar-refractivity contribution in [3.63, 3.8) is 0 Å². The van der Waals surface area contributed by atoms with Gasteiger partial charge >= 0.3 is 0 Å². The second-order valence-corrected chi connectivity index (χ2v) is 4.47. The fraction of sp³-hybridized carbons (Fsp3) is 0.571. The minimum absolute atomic E-state index is 0.249. The maximum atomic E-state index is 5.36. The smallest absolute Gasteiger partial charge is 0.203 e. The summed E-state index contributed by atoms with van der Waals surface area (Å²) < 4.78 is 16.0. The first-order valence-electron chi connectivity index (χ1n) is 6.06. The third-order valence-electron chi connectivity index (χ3n) is 3.02. The Morgan fingerprint density at radius 3 is 1.72 bits per heavy atom. The molecule has 0 aliphatic carbocycles. The maximum Gasteiger partial charge on any atom is 0.203 e. The normalized spacial score (nSPS) is 12.4. The van der Waals surface area contributed by atoms with Gasteiger partial charge in [-0.05, 0) is 30.7 Å². The zero-order valence-corrected chi connectivity index (χ0v) is 12.0. The van der Waals surface area contributed by atoms with E-state index in [0.717, 1.165) is 5.56 Å². The van der Waals surface area contributed by atoms with Crippen LogP contribution in [-0.2, 0) is 0 Å². The summed E-state index contributed by atoms with van der Waals surface area (Å²) in [6.07, 6.45) is 0. The van der Waals surface area contributed by atoms with Crippen LogP contribution in [0.1, 0.15) is 25.5 Å². The van der Waals surface area contributed by atoms with Gasteiger partial charge in [0.15, 0.2) is 11.5 Å². The maximum absolute atomic E-state index is 5.36. The molecular weight excluding hydrogens is 230 g/mol. The van der Waals surface area contributed by atoms with E-state index in [1.165, 1.54) is 0 Å². The highest BCUT2D eigenvalue weighted by Crippen LogP contribution is 2.40. The first-order chi connectivity index (χ1) is 8.58. The van der Waals surface area contributed by atoms with Crippen molar-refractivity contribution in [3.05, 3.63) is 17.7 Å². The standard InChI is InChI=1S/C14H23NO3/c1-9(2)13(15-3)10-7-11(16-4)14(18-6)12(8-10)17-5/h7-9,13,15H,1-6H3. The van der Waals surface area contributed by atoms with Crippen molar-refractivity contribution in [2.24, 2.45) is 5.92 Å². The van der Waals surface area contributed by atoms with Crippen LogP contribution in [0.25, 0.3) is 0 Å². The third-order valence-corrected chi connectivity index (χ3v) is 3.02. The molecular formula is C14H23NO3. The van der Waals surface area contributed by atoms with Crippen molar-refractivity contribution >= 4 is 0 Å². The van der Waals surface area contributed by atoms with Crippen LogP contribution in [0.4, 0.5) is 0 Å². The van der Waals surface area contributed by atoms with E-state index in [1.807, 2.05) is 19.2 Å². The van der Waals surface area contributed by atoms with E-state index in [2.05, 4.69) is 19.2 Å². The van der Waals surface area contributed by atoms with E-state index in [9.17, 15) is 0 Å². The van der Waals surface area contributed by atoms with Gasteiger partial charge in [-0.15, -0.1) is 0 Å². The average molecular weight is 253 g/mol. The molecule has 1 unspecified atom stereocenters. The summed E-state index contributed by atoms with van der Waals surface area (Å²) in [6.45, 7) is 4.34. The molecule has 1 N–H and O–H groups in total. The van der Waals surface area contributed by atoms with Gasteiger partial charge in [0, 0.05) is 6.04 Å². The highest BCUT2D eigenvalue weighted by Gasteiger charge is 2.19. The van der Waals surface area contributed by atoms with Crippen LogP contribution in [0.3, 0.4) is 0 Å². The van der Waals surface area contributed by atoms with Crippen LogP contribution < -0.4 is 19.5 Å². The van der Waals surface area contributed by atoms with Crippen LogP contribution in [0.15, 0.2) is 12.1 Å². The number of rotatable bonds is 6. The molecule has 102 valence electrons. The van der Waals surface area contributed by atoms with Gasteiger partial charge in [0.05, 0.1) is 21.3 Å². The Morgan fingerprint density at radius 1 is 0.944 bits per heavy atom. The quantitative estimate of drug-likeness (QED) is 0.846. The molecule has 1 aromatic carbocycles. The molecule has 1 rings (SSSR count). The fourth-order valence-electron chi connectivity index (χ4n) is 2.17. The molecule has 0 aromatic heterocycles. The molecule has 0 heterocycles. The molecule has 4 heteroatoms. The van der Waals surface area contributed by atoms with Crippen molar-refractivity contribution in [1.29, 1.82) is 0 Å². The van der Waals surface area contributed by atoms with Crippen LogP contribution >= 0.6 is 0 Å². The second-order valence-electron chi connectivity index (χ2n) is 4.47. The number of benzene rings is 1. The van der Waals surface area contributed by atoms with Crippen molar-refractivity contribution < 1.29 is 14.2 Å². The Morgan fingerprint density at radius 2 is 1.44 bits per heavy atom. The van der Waals surface area contributed by atoms with Gasteiger partial charge in [-0.25, -0.2) is 0 Å². The number of hydrogen-bond donors (Lipinski definition) is 1. The van der Waals surface area contributed by atoms with E-state index >= 15 is 0 Å². The summed E-state index contributed by atoms with van der Waals surface area (Å²) in [4.78, 5) is 0. The monoisotopic (exact) mass is 253 g/mol. The molecule has 0 spiro atoms. The predicted molar refractivity (Wildman–Crippen MR) is 72.7 cm³/mol. The zero-order chi connectivity index (χ0) is 13.7. The summed E-state index contributed by atoms with van der Waals surface area (Å²) in [5.74, 6) is 2.47.